The molecule has 2 aromatic rings. The lowest BCUT2D eigenvalue weighted by molar-refractivity contribution is -0.135. The third kappa shape index (κ3) is 3.04. The molecule has 1 aliphatic rings. The minimum atomic E-state index is -0.510. The molecule has 0 radical (unpaired) electrons. The summed E-state index contributed by atoms with van der Waals surface area (Å²) < 4.78 is 1.83. The Morgan fingerprint density at radius 2 is 2.14 bits per heavy atom. The number of amides is 1. The molecule has 1 amide bonds. The topological polar surface area (TPSA) is 58.4 Å². The van der Waals surface area contributed by atoms with Crippen LogP contribution in [0.25, 0.3) is 0 Å². The lowest BCUT2D eigenvalue weighted by Crippen LogP contribution is -2.46. The summed E-state index contributed by atoms with van der Waals surface area (Å²) in [6, 6.07) is 10.0. The molecule has 1 aromatic heterocycles. The van der Waals surface area contributed by atoms with Crippen LogP contribution in [0.1, 0.15) is 23.7 Å². The number of hydrogen-bond acceptors (Lipinski definition) is 3. The second kappa shape index (κ2) is 6.32. The normalized spacial score (nSPS) is 21.8. The number of rotatable bonds is 3. The Bertz CT molecular complexity index is 638. The number of carbonyl (C=O) groups excluding carboxylic acids is 1. The molecule has 1 aliphatic heterocycles. The summed E-state index contributed by atoms with van der Waals surface area (Å²) in [7, 11) is 0. The summed E-state index contributed by atoms with van der Waals surface area (Å²) >= 11 is 0. The molecule has 1 fully saturated rings. The van der Waals surface area contributed by atoms with Crippen LogP contribution in [0.2, 0.25) is 0 Å². The van der Waals surface area contributed by atoms with Crippen LogP contribution in [-0.4, -0.2) is 44.7 Å². The zero-order valence-electron chi connectivity index (χ0n) is 12.7. The van der Waals surface area contributed by atoms with Gasteiger partial charge >= 0.3 is 0 Å². The summed E-state index contributed by atoms with van der Waals surface area (Å²) in [5.74, 6) is 0.972. The summed E-state index contributed by atoms with van der Waals surface area (Å²) in [6.45, 7) is 3.24. The van der Waals surface area contributed by atoms with Crippen molar-refractivity contribution in [3.63, 3.8) is 0 Å². The zero-order valence-corrected chi connectivity index (χ0v) is 12.7. The fourth-order valence-corrected chi connectivity index (χ4v) is 3.06. The lowest BCUT2D eigenvalue weighted by atomic mass is 9.87. The fraction of sp³-hybridized carbons (Fsp3) is 0.412. The molecular formula is C17H21N3O2. The number of piperidine rings is 1. The van der Waals surface area contributed by atoms with Gasteiger partial charge in [0.2, 0.25) is 5.91 Å². The van der Waals surface area contributed by atoms with Gasteiger partial charge in [-0.1, -0.05) is 30.3 Å². The molecule has 0 aliphatic carbocycles. The van der Waals surface area contributed by atoms with Gasteiger partial charge in [0, 0.05) is 31.4 Å². The number of hydrogen-bond donors (Lipinski definition) is 1. The van der Waals surface area contributed by atoms with Gasteiger partial charge in [0.1, 0.15) is 12.4 Å². The molecule has 5 heteroatoms. The predicted molar refractivity (Wildman–Crippen MR) is 83.4 cm³/mol. The van der Waals surface area contributed by atoms with Crippen molar-refractivity contribution in [3.05, 3.63) is 54.1 Å². The van der Waals surface area contributed by atoms with Crippen molar-refractivity contribution in [2.24, 2.45) is 0 Å². The van der Waals surface area contributed by atoms with E-state index in [0.717, 1.165) is 17.8 Å². The molecule has 3 rings (SSSR count). The maximum atomic E-state index is 12.4. The van der Waals surface area contributed by atoms with E-state index in [2.05, 4.69) is 4.98 Å². The summed E-state index contributed by atoms with van der Waals surface area (Å²) in [5, 5.41) is 10.4. The Morgan fingerprint density at radius 1 is 1.36 bits per heavy atom. The van der Waals surface area contributed by atoms with E-state index >= 15 is 0 Å². The van der Waals surface area contributed by atoms with Crippen molar-refractivity contribution in [2.75, 3.05) is 13.1 Å². The summed E-state index contributed by atoms with van der Waals surface area (Å²) in [5.41, 5.74) is 1.15. The van der Waals surface area contributed by atoms with Crippen LogP contribution < -0.4 is 0 Å². The number of aryl methyl sites for hydroxylation is 1. The van der Waals surface area contributed by atoms with E-state index in [1.54, 1.807) is 17.3 Å². The van der Waals surface area contributed by atoms with E-state index in [-0.39, 0.29) is 18.4 Å². The standard InChI is InChI=1S/C17H21N3O2/c1-13-18-8-10-19(13)12-17(22)20-9-7-15(16(21)11-20)14-5-3-2-4-6-14/h2-6,8,10,15-16,21H,7,9,11-12H2,1H3/t15-,16+/m0/s1. The molecule has 5 nitrogen and oxygen atoms in total. The highest BCUT2D eigenvalue weighted by Gasteiger charge is 2.31. The minimum absolute atomic E-state index is 0.0339. The average molecular weight is 299 g/mol. The van der Waals surface area contributed by atoms with Crippen LogP contribution >= 0.6 is 0 Å². The molecule has 1 saturated heterocycles. The number of likely N-dealkylation sites (tertiary alicyclic amines) is 1. The molecule has 2 atom stereocenters. The maximum absolute atomic E-state index is 12.4. The summed E-state index contributed by atoms with van der Waals surface area (Å²) in [4.78, 5) is 18.3. The van der Waals surface area contributed by atoms with Gasteiger partial charge in [0.25, 0.3) is 0 Å². The fourth-order valence-electron chi connectivity index (χ4n) is 3.06. The second-order valence-electron chi connectivity index (χ2n) is 5.82. The number of imidazole rings is 1. The molecule has 0 bridgehead atoms. The van der Waals surface area contributed by atoms with Gasteiger partial charge in [0.05, 0.1) is 6.10 Å². The molecule has 22 heavy (non-hydrogen) atoms. The van der Waals surface area contributed by atoms with Crippen molar-refractivity contribution in [1.29, 1.82) is 0 Å². The first-order chi connectivity index (χ1) is 10.6. The van der Waals surface area contributed by atoms with Gasteiger partial charge in [-0.2, -0.15) is 0 Å². The zero-order chi connectivity index (χ0) is 15.5. The highest BCUT2D eigenvalue weighted by atomic mass is 16.3. The van der Waals surface area contributed by atoms with Crippen LogP contribution in [-0.2, 0) is 11.3 Å². The van der Waals surface area contributed by atoms with E-state index in [1.807, 2.05) is 41.8 Å². The van der Waals surface area contributed by atoms with Gasteiger partial charge in [-0.25, -0.2) is 4.98 Å². The highest BCUT2D eigenvalue weighted by Crippen LogP contribution is 2.28. The number of benzene rings is 1. The van der Waals surface area contributed by atoms with Gasteiger partial charge in [-0.15, -0.1) is 0 Å². The van der Waals surface area contributed by atoms with E-state index < -0.39 is 6.10 Å². The number of carbonyl (C=O) groups is 1. The molecule has 1 aromatic carbocycles. The Hall–Kier alpha value is -2.14. The van der Waals surface area contributed by atoms with Crippen LogP contribution in [0, 0.1) is 6.92 Å². The number of aromatic nitrogens is 2. The summed E-state index contributed by atoms with van der Waals surface area (Å²) in [6.07, 6.45) is 3.78. The first-order valence-corrected chi connectivity index (χ1v) is 7.63. The van der Waals surface area contributed by atoms with Crippen molar-refractivity contribution in [3.8, 4) is 0 Å². The van der Waals surface area contributed by atoms with Crippen molar-refractivity contribution in [2.45, 2.75) is 31.9 Å². The molecule has 0 saturated carbocycles. The average Bonchev–Trinajstić information content (AvgIpc) is 2.93. The molecule has 0 unspecified atom stereocenters. The largest absolute Gasteiger partial charge is 0.391 e. The number of β-amino-alcohol motifs (C(OH)–C–C–N with tert-alkyl or cyclic N) is 1. The lowest BCUT2D eigenvalue weighted by Gasteiger charge is -2.36. The molecule has 1 N–H and O–H groups in total. The van der Waals surface area contributed by atoms with E-state index in [0.29, 0.717) is 13.1 Å². The Balaban J connectivity index is 1.62. The number of aliphatic hydroxyl groups excluding tert-OH is 1. The quantitative estimate of drug-likeness (QED) is 0.936. The van der Waals surface area contributed by atoms with Gasteiger partial charge in [-0.3, -0.25) is 4.79 Å². The third-order valence-corrected chi connectivity index (χ3v) is 4.39. The van der Waals surface area contributed by atoms with Crippen molar-refractivity contribution < 1.29 is 9.90 Å². The first kappa shape index (κ1) is 14.8. The Morgan fingerprint density at radius 3 is 2.77 bits per heavy atom. The SMILES string of the molecule is Cc1nccn1CC(=O)N1CC[C@@H](c2ccccc2)[C@H](O)C1. The first-order valence-electron chi connectivity index (χ1n) is 7.63. The van der Waals surface area contributed by atoms with Crippen molar-refractivity contribution in [1.82, 2.24) is 14.5 Å². The smallest absolute Gasteiger partial charge is 0.242 e. The highest BCUT2D eigenvalue weighted by molar-refractivity contribution is 5.76. The van der Waals surface area contributed by atoms with Gasteiger partial charge in [0.15, 0.2) is 0 Å². The molecule has 0 spiro atoms. The predicted octanol–water partition coefficient (Wildman–Crippen LogP) is 1.57. The Labute approximate surface area is 130 Å². The van der Waals surface area contributed by atoms with E-state index in [9.17, 15) is 9.90 Å². The van der Waals surface area contributed by atoms with Gasteiger partial charge < -0.3 is 14.6 Å². The van der Waals surface area contributed by atoms with E-state index in [1.165, 1.54) is 0 Å². The third-order valence-electron chi connectivity index (χ3n) is 4.39. The molecular weight excluding hydrogens is 278 g/mol. The van der Waals surface area contributed by atoms with Crippen LogP contribution in [0.3, 0.4) is 0 Å². The van der Waals surface area contributed by atoms with Crippen LogP contribution in [0.5, 0.6) is 0 Å². The van der Waals surface area contributed by atoms with Crippen LogP contribution in [0.4, 0.5) is 0 Å². The van der Waals surface area contributed by atoms with Crippen molar-refractivity contribution >= 4 is 5.91 Å². The monoisotopic (exact) mass is 299 g/mol. The Kier molecular flexibility index (Phi) is 4.24. The maximum Gasteiger partial charge on any atom is 0.242 e. The minimum Gasteiger partial charge on any atom is -0.391 e. The number of nitrogens with zero attached hydrogens (tertiary/aromatic N) is 3. The molecule has 116 valence electrons. The van der Waals surface area contributed by atoms with Gasteiger partial charge in [-0.05, 0) is 18.9 Å². The van der Waals surface area contributed by atoms with E-state index in [4.69, 9.17) is 0 Å². The number of aliphatic hydroxyl groups is 1. The molecule has 2 heterocycles. The van der Waals surface area contributed by atoms with Crippen LogP contribution in [0.15, 0.2) is 42.7 Å². The second-order valence-corrected chi connectivity index (χ2v) is 5.82.